The fourth-order valence-corrected chi connectivity index (χ4v) is 0.762. The topological polar surface area (TPSA) is 56.0 Å². The first-order valence-electron chi connectivity index (χ1n) is 3.53. The van der Waals surface area contributed by atoms with Crippen LogP contribution in [0.25, 0.3) is 0 Å². The zero-order valence-corrected chi connectivity index (χ0v) is 6.97. The number of aryl methyl sites for hydroxylation is 1. The average molecular weight is 178 g/mol. The molecule has 1 amide bonds. The Labute approximate surface area is 74.8 Å². The molecule has 0 fully saturated rings. The Kier molecular flexibility index (Phi) is 2.60. The summed E-state index contributed by atoms with van der Waals surface area (Å²) in [6, 6.07) is 1.16. The van der Waals surface area contributed by atoms with Crippen LogP contribution in [0.1, 0.15) is 11.1 Å². The van der Waals surface area contributed by atoms with Gasteiger partial charge in [0.1, 0.15) is 0 Å². The molecule has 0 bridgehead atoms. The number of rotatable bonds is 0. The number of nitrogens with zero attached hydrogens (tertiary/aromatic N) is 1. The molecule has 1 aromatic heterocycles. The lowest BCUT2D eigenvalue weighted by Crippen LogP contribution is -2.06. The smallest absolute Gasteiger partial charge is 0.293 e. The van der Waals surface area contributed by atoms with E-state index in [1.54, 1.807) is 6.92 Å². The summed E-state index contributed by atoms with van der Waals surface area (Å²) >= 11 is 0. The minimum Gasteiger partial charge on any atom is -0.359 e. The van der Waals surface area contributed by atoms with Gasteiger partial charge in [0.25, 0.3) is 5.91 Å². The van der Waals surface area contributed by atoms with Gasteiger partial charge in [0, 0.05) is 17.8 Å². The number of carbonyl (C=O) groups is 1. The van der Waals surface area contributed by atoms with Crippen molar-refractivity contribution in [2.24, 2.45) is 5.73 Å². The second-order valence-corrected chi connectivity index (χ2v) is 2.44. The molecule has 0 aliphatic carbocycles. The van der Waals surface area contributed by atoms with Crippen LogP contribution in [0, 0.1) is 24.7 Å². The van der Waals surface area contributed by atoms with Crippen LogP contribution in [0.2, 0.25) is 0 Å². The van der Waals surface area contributed by atoms with Gasteiger partial charge >= 0.3 is 0 Å². The van der Waals surface area contributed by atoms with Gasteiger partial charge in [-0.1, -0.05) is 5.92 Å². The summed E-state index contributed by atoms with van der Waals surface area (Å²) in [5, 5.41) is 0. The van der Waals surface area contributed by atoms with Gasteiger partial charge in [0.15, 0.2) is 0 Å². The molecule has 1 heterocycles. The molecule has 3 nitrogen and oxygen atoms in total. The average Bonchev–Trinajstić information content (AvgIpc) is 2.06. The molecule has 0 radical (unpaired) electrons. The lowest BCUT2D eigenvalue weighted by atomic mass is 10.2. The summed E-state index contributed by atoms with van der Waals surface area (Å²) in [4.78, 5) is 13.7. The molecular weight excluding hydrogens is 171 g/mol. The van der Waals surface area contributed by atoms with Crippen molar-refractivity contribution < 1.29 is 9.18 Å². The Morgan fingerprint density at radius 2 is 2.38 bits per heavy atom. The number of nitrogens with two attached hydrogens (primary N) is 1. The predicted octanol–water partition coefficient (Wildman–Crippen LogP) is 0.366. The summed E-state index contributed by atoms with van der Waals surface area (Å²) in [5.41, 5.74) is 5.93. The molecule has 0 saturated carbocycles. The van der Waals surface area contributed by atoms with Crippen molar-refractivity contribution in [1.29, 1.82) is 0 Å². The van der Waals surface area contributed by atoms with Gasteiger partial charge in [-0.05, 0) is 18.4 Å². The Balaban J connectivity index is 3.09. The minimum atomic E-state index is -0.739. The van der Waals surface area contributed by atoms with E-state index in [4.69, 9.17) is 5.73 Å². The van der Waals surface area contributed by atoms with Gasteiger partial charge in [0.05, 0.1) is 0 Å². The van der Waals surface area contributed by atoms with Crippen molar-refractivity contribution in [2.45, 2.75) is 6.92 Å². The Morgan fingerprint density at radius 3 is 3.00 bits per heavy atom. The van der Waals surface area contributed by atoms with Gasteiger partial charge in [-0.2, -0.15) is 4.39 Å². The van der Waals surface area contributed by atoms with E-state index in [0.29, 0.717) is 11.1 Å². The first kappa shape index (κ1) is 9.20. The van der Waals surface area contributed by atoms with Crippen molar-refractivity contribution in [2.75, 3.05) is 0 Å². The summed E-state index contributed by atoms with van der Waals surface area (Å²) in [6.45, 7) is 1.72. The van der Waals surface area contributed by atoms with Crippen LogP contribution in [-0.2, 0) is 4.79 Å². The van der Waals surface area contributed by atoms with Crippen molar-refractivity contribution in [3.63, 3.8) is 0 Å². The number of carbonyl (C=O) groups excluding carboxylic acids is 1. The van der Waals surface area contributed by atoms with E-state index in [1.165, 1.54) is 6.20 Å². The third-order valence-electron chi connectivity index (χ3n) is 1.39. The lowest BCUT2D eigenvalue weighted by Gasteiger charge is -1.95. The highest BCUT2D eigenvalue weighted by molar-refractivity contribution is 5.92. The zero-order valence-electron chi connectivity index (χ0n) is 6.97. The van der Waals surface area contributed by atoms with Crippen LogP contribution >= 0.6 is 0 Å². The molecule has 4 heteroatoms. The van der Waals surface area contributed by atoms with E-state index in [0.717, 1.165) is 6.07 Å². The number of pyridine rings is 1. The quantitative estimate of drug-likeness (QED) is 0.460. The molecule has 0 aliphatic rings. The number of hydrogen-bond acceptors (Lipinski definition) is 2. The second-order valence-electron chi connectivity index (χ2n) is 2.44. The summed E-state index contributed by atoms with van der Waals surface area (Å²) in [6.07, 6.45) is 1.35. The number of halogens is 1. The molecule has 66 valence electrons. The van der Waals surface area contributed by atoms with Crippen LogP contribution in [-0.4, -0.2) is 10.9 Å². The van der Waals surface area contributed by atoms with Crippen LogP contribution in [0.5, 0.6) is 0 Å². The third-order valence-corrected chi connectivity index (χ3v) is 1.39. The van der Waals surface area contributed by atoms with Crippen molar-refractivity contribution in [1.82, 2.24) is 4.98 Å². The fraction of sp³-hybridized carbons (Fsp3) is 0.111. The SMILES string of the molecule is Cc1cnc(F)cc1C#CC(N)=O. The van der Waals surface area contributed by atoms with Gasteiger partial charge in [-0.3, -0.25) is 4.79 Å². The molecule has 1 rings (SSSR count). The zero-order chi connectivity index (χ0) is 9.84. The standard InChI is InChI=1S/C9H7FN2O/c1-6-5-12-8(10)4-7(6)2-3-9(11)13/h4-5H,1H3,(H2,11,13). The van der Waals surface area contributed by atoms with Gasteiger partial charge in [-0.15, -0.1) is 0 Å². The maximum absolute atomic E-state index is 12.6. The Bertz CT molecular complexity index is 404. The maximum Gasteiger partial charge on any atom is 0.293 e. The molecule has 0 aliphatic heterocycles. The largest absolute Gasteiger partial charge is 0.359 e. The maximum atomic E-state index is 12.6. The molecule has 2 N–H and O–H groups in total. The molecule has 1 aromatic rings. The Hall–Kier alpha value is -1.89. The number of hydrogen-bond donors (Lipinski definition) is 1. The predicted molar refractivity (Wildman–Crippen MR) is 45.0 cm³/mol. The molecule has 13 heavy (non-hydrogen) atoms. The Morgan fingerprint density at radius 1 is 1.69 bits per heavy atom. The van der Waals surface area contributed by atoms with Gasteiger partial charge in [0.2, 0.25) is 5.95 Å². The number of amides is 1. The lowest BCUT2D eigenvalue weighted by molar-refractivity contribution is -0.112. The monoisotopic (exact) mass is 178 g/mol. The van der Waals surface area contributed by atoms with E-state index in [1.807, 2.05) is 0 Å². The first-order chi connectivity index (χ1) is 6.09. The van der Waals surface area contributed by atoms with Gasteiger partial charge < -0.3 is 5.73 Å². The van der Waals surface area contributed by atoms with E-state index in [2.05, 4.69) is 16.8 Å². The molecular formula is C9H7FN2O. The van der Waals surface area contributed by atoms with Crippen LogP contribution in [0.3, 0.4) is 0 Å². The van der Waals surface area contributed by atoms with E-state index >= 15 is 0 Å². The summed E-state index contributed by atoms with van der Waals surface area (Å²) in [5.74, 6) is 3.21. The molecule has 0 spiro atoms. The molecule has 0 saturated heterocycles. The number of primary amides is 1. The minimum absolute atomic E-state index is 0.423. The van der Waals surface area contributed by atoms with Crippen LogP contribution in [0.4, 0.5) is 4.39 Å². The van der Waals surface area contributed by atoms with Crippen molar-refractivity contribution in [3.05, 3.63) is 29.3 Å². The van der Waals surface area contributed by atoms with E-state index in [-0.39, 0.29) is 0 Å². The van der Waals surface area contributed by atoms with E-state index in [9.17, 15) is 9.18 Å². The van der Waals surface area contributed by atoms with Gasteiger partial charge in [-0.25, -0.2) is 4.98 Å². The highest BCUT2D eigenvalue weighted by Gasteiger charge is 1.97. The van der Waals surface area contributed by atoms with E-state index < -0.39 is 11.9 Å². The third kappa shape index (κ3) is 2.56. The number of aromatic nitrogens is 1. The van der Waals surface area contributed by atoms with Crippen LogP contribution in [0.15, 0.2) is 12.3 Å². The van der Waals surface area contributed by atoms with Crippen molar-refractivity contribution in [3.8, 4) is 11.8 Å². The van der Waals surface area contributed by atoms with Crippen LogP contribution < -0.4 is 5.73 Å². The normalized spacial score (nSPS) is 8.77. The molecule has 0 atom stereocenters. The fourth-order valence-electron chi connectivity index (χ4n) is 0.762. The summed E-state index contributed by atoms with van der Waals surface area (Å²) < 4.78 is 12.6. The highest BCUT2D eigenvalue weighted by atomic mass is 19.1. The first-order valence-corrected chi connectivity index (χ1v) is 3.53. The summed E-state index contributed by atoms with van der Waals surface area (Å²) in [7, 11) is 0. The van der Waals surface area contributed by atoms with Crippen molar-refractivity contribution >= 4 is 5.91 Å². The molecule has 0 unspecified atom stereocenters. The second kappa shape index (κ2) is 3.68. The molecule has 0 aromatic carbocycles. The highest BCUT2D eigenvalue weighted by Crippen LogP contribution is 2.05.